The molecule has 0 aromatic heterocycles. The summed E-state index contributed by atoms with van der Waals surface area (Å²) in [6.07, 6.45) is -1.06. The molecule has 1 heterocycles. The molecule has 0 aromatic rings. The molecule has 3 amide bonds. The van der Waals surface area contributed by atoms with E-state index in [2.05, 4.69) is 23.3 Å². The van der Waals surface area contributed by atoms with Crippen molar-refractivity contribution in [1.29, 1.82) is 0 Å². The molecule has 31 heavy (non-hydrogen) atoms. The summed E-state index contributed by atoms with van der Waals surface area (Å²) in [6, 6.07) is -5.24. The number of amides is 3. The summed E-state index contributed by atoms with van der Waals surface area (Å²) in [5, 5.41) is 31.7. The number of hydrogen-bond acceptors (Lipinski definition) is 8. The molecule has 1 fully saturated rings. The molecular weight excluding hydrogens is 436 g/mol. The standard InChI is InChI=1S/C17H26N4O9S/c18-8(7-31)14(26)20-10(6-13(24)25)15(27)19-9(3-4-12(22)23)16(28)21-5-1-2-11(21)17(29)30/h8-11,31H,1-7,18H2,(H,19,27)(H,20,26)(H,22,23)(H,24,25)(H,29,30). The molecule has 0 radical (unpaired) electrons. The first kappa shape index (κ1) is 26.2. The number of thiol groups is 1. The van der Waals surface area contributed by atoms with Crippen LogP contribution < -0.4 is 16.4 Å². The van der Waals surface area contributed by atoms with Crippen molar-refractivity contribution in [2.24, 2.45) is 5.73 Å². The Kier molecular flexibility index (Phi) is 10.2. The summed E-state index contributed by atoms with van der Waals surface area (Å²) in [7, 11) is 0. The monoisotopic (exact) mass is 462 g/mol. The lowest BCUT2D eigenvalue weighted by Crippen LogP contribution is -2.57. The summed E-state index contributed by atoms with van der Waals surface area (Å²) in [6.45, 7) is 0.112. The van der Waals surface area contributed by atoms with Gasteiger partial charge in [0.25, 0.3) is 0 Å². The number of hydrogen-bond donors (Lipinski definition) is 7. The van der Waals surface area contributed by atoms with Crippen molar-refractivity contribution in [2.75, 3.05) is 12.3 Å². The number of carbonyl (C=O) groups is 6. The molecule has 0 aromatic carbocycles. The molecule has 0 saturated carbocycles. The van der Waals surface area contributed by atoms with E-state index in [1.807, 2.05) is 0 Å². The highest BCUT2D eigenvalue weighted by Crippen LogP contribution is 2.19. The van der Waals surface area contributed by atoms with Crippen molar-refractivity contribution in [3.05, 3.63) is 0 Å². The molecule has 4 atom stereocenters. The summed E-state index contributed by atoms with van der Waals surface area (Å²) >= 11 is 3.85. The van der Waals surface area contributed by atoms with Gasteiger partial charge in [0, 0.05) is 18.7 Å². The Morgan fingerprint density at radius 2 is 1.61 bits per heavy atom. The number of carboxylic acid groups (broad SMARTS) is 3. The zero-order chi connectivity index (χ0) is 23.7. The summed E-state index contributed by atoms with van der Waals surface area (Å²) < 4.78 is 0. The fourth-order valence-corrected chi connectivity index (χ4v) is 3.20. The topological polar surface area (TPSA) is 216 Å². The molecule has 1 aliphatic heterocycles. The zero-order valence-electron chi connectivity index (χ0n) is 16.5. The number of aliphatic carboxylic acids is 3. The van der Waals surface area contributed by atoms with Gasteiger partial charge < -0.3 is 36.6 Å². The Morgan fingerprint density at radius 1 is 1.00 bits per heavy atom. The van der Waals surface area contributed by atoms with Gasteiger partial charge in [0.15, 0.2) is 0 Å². The van der Waals surface area contributed by atoms with Crippen molar-refractivity contribution in [3.8, 4) is 0 Å². The van der Waals surface area contributed by atoms with E-state index in [0.717, 1.165) is 4.90 Å². The molecule has 7 N–H and O–H groups in total. The molecule has 174 valence electrons. The van der Waals surface area contributed by atoms with Gasteiger partial charge in [-0.3, -0.25) is 24.0 Å². The second-order valence-electron chi connectivity index (χ2n) is 6.97. The van der Waals surface area contributed by atoms with E-state index < -0.39 is 72.6 Å². The number of likely N-dealkylation sites (tertiary alicyclic amines) is 1. The minimum Gasteiger partial charge on any atom is -0.481 e. The van der Waals surface area contributed by atoms with Crippen LogP contribution in [-0.2, 0) is 28.8 Å². The average Bonchev–Trinajstić information content (AvgIpc) is 3.18. The average molecular weight is 462 g/mol. The van der Waals surface area contributed by atoms with Gasteiger partial charge in [-0.1, -0.05) is 0 Å². The smallest absolute Gasteiger partial charge is 0.326 e. The Morgan fingerprint density at radius 3 is 2.13 bits per heavy atom. The molecular formula is C17H26N4O9S. The molecule has 13 nitrogen and oxygen atoms in total. The van der Waals surface area contributed by atoms with Crippen LogP contribution in [0.2, 0.25) is 0 Å². The van der Waals surface area contributed by atoms with E-state index in [4.69, 9.17) is 15.9 Å². The second-order valence-corrected chi connectivity index (χ2v) is 7.33. The van der Waals surface area contributed by atoms with Crippen LogP contribution in [0, 0.1) is 0 Å². The number of nitrogens with two attached hydrogens (primary N) is 1. The number of nitrogens with zero attached hydrogens (tertiary/aromatic N) is 1. The van der Waals surface area contributed by atoms with Crippen LogP contribution in [0.25, 0.3) is 0 Å². The van der Waals surface area contributed by atoms with Crippen molar-refractivity contribution in [3.63, 3.8) is 0 Å². The number of carboxylic acids is 3. The predicted octanol–water partition coefficient (Wildman–Crippen LogP) is -2.37. The third-order valence-electron chi connectivity index (χ3n) is 4.63. The Labute approximate surface area is 182 Å². The number of nitrogens with one attached hydrogen (secondary N) is 2. The normalized spacial score (nSPS) is 18.5. The van der Waals surface area contributed by atoms with Crippen LogP contribution in [0.4, 0.5) is 0 Å². The maximum Gasteiger partial charge on any atom is 0.326 e. The maximum absolute atomic E-state index is 12.9. The first-order valence-corrected chi connectivity index (χ1v) is 10.0. The lowest BCUT2D eigenvalue weighted by Gasteiger charge is -2.28. The fraction of sp³-hybridized carbons (Fsp3) is 0.647. The van der Waals surface area contributed by atoms with Gasteiger partial charge in [0.2, 0.25) is 17.7 Å². The van der Waals surface area contributed by atoms with Crippen LogP contribution in [-0.4, -0.2) is 92.3 Å². The van der Waals surface area contributed by atoms with Crippen LogP contribution in [0.3, 0.4) is 0 Å². The zero-order valence-corrected chi connectivity index (χ0v) is 17.4. The van der Waals surface area contributed by atoms with E-state index in [1.54, 1.807) is 0 Å². The third-order valence-corrected chi connectivity index (χ3v) is 5.02. The van der Waals surface area contributed by atoms with Gasteiger partial charge >= 0.3 is 17.9 Å². The van der Waals surface area contributed by atoms with E-state index in [0.29, 0.717) is 6.42 Å². The first-order chi connectivity index (χ1) is 14.5. The van der Waals surface area contributed by atoms with Gasteiger partial charge in [-0.05, 0) is 19.3 Å². The number of rotatable bonds is 12. The molecule has 1 rings (SSSR count). The Balaban J connectivity index is 3.03. The fourth-order valence-electron chi connectivity index (χ4n) is 3.03. The summed E-state index contributed by atoms with van der Waals surface area (Å²) in [5.41, 5.74) is 5.50. The van der Waals surface area contributed by atoms with Crippen molar-refractivity contribution >= 4 is 48.3 Å². The van der Waals surface area contributed by atoms with Gasteiger partial charge in [-0.25, -0.2) is 4.79 Å². The quantitative estimate of drug-likeness (QED) is 0.153. The van der Waals surface area contributed by atoms with E-state index in [-0.39, 0.29) is 25.1 Å². The Hall–Kier alpha value is -2.87. The molecule has 1 aliphatic rings. The first-order valence-electron chi connectivity index (χ1n) is 9.42. The SMILES string of the molecule is NC(CS)C(=O)NC(CC(=O)O)C(=O)NC(CCC(=O)O)C(=O)N1CCCC1C(=O)O. The Bertz CT molecular complexity index is 732. The highest BCUT2D eigenvalue weighted by Gasteiger charge is 2.38. The van der Waals surface area contributed by atoms with Crippen LogP contribution in [0.1, 0.15) is 32.1 Å². The minimum atomic E-state index is -1.59. The summed E-state index contributed by atoms with van der Waals surface area (Å²) in [5.74, 6) is -6.65. The van der Waals surface area contributed by atoms with Gasteiger partial charge in [-0.2, -0.15) is 12.6 Å². The lowest BCUT2D eigenvalue weighted by molar-refractivity contribution is -0.150. The van der Waals surface area contributed by atoms with Gasteiger partial charge in [0.1, 0.15) is 18.1 Å². The molecule has 0 bridgehead atoms. The van der Waals surface area contributed by atoms with Crippen LogP contribution >= 0.6 is 12.6 Å². The van der Waals surface area contributed by atoms with Gasteiger partial charge in [0.05, 0.1) is 12.5 Å². The second kappa shape index (κ2) is 12.1. The predicted molar refractivity (Wildman–Crippen MR) is 107 cm³/mol. The molecule has 0 spiro atoms. The van der Waals surface area contributed by atoms with Crippen molar-refractivity contribution in [1.82, 2.24) is 15.5 Å². The molecule has 4 unspecified atom stereocenters. The maximum atomic E-state index is 12.9. The minimum absolute atomic E-state index is 0.0709. The molecule has 1 saturated heterocycles. The lowest BCUT2D eigenvalue weighted by atomic mass is 10.1. The number of carbonyl (C=O) groups excluding carboxylic acids is 3. The van der Waals surface area contributed by atoms with E-state index >= 15 is 0 Å². The van der Waals surface area contributed by atoms with Crippen LogP contribution in [0.15, 0.2) is 0 Å². The van der Waals surface area contributed by atoms with E-state index in [1.165, 1.54) is 0 Å². The third kappa shape index (κ3) is 8.05. The van der Waals surface area contributed by atoms with Crippen molar-refractivity contribution in [2.45, 2.75) is 56.3 Å². The van der Waals surface area contributed by atoms with Gasteiger partial charge in [-0.15, -0.1) is 0 Å². The highest BCUT2D eigenvalue weighted by atomic mass is 32.1. The highest BCUT2D eigenvalue weighted by molar-refractivity contribution is 7.80. The molecule has 14 heteroatoms. The summed E-state index contributed by atoms with van der Waals surface area (Å²) in [4.78, 5) is 71.9. The molecule has 0 aliphatic carbocycles. The largest absolute Gasteiger partial charge is 0.481 e. The van der Waals surface area contributed by atoms with Crippen LogP contribution in [0.5, 0.6) is 0 Å². The van der Waals surface area contributed by atoms with Crippen molar-refractivity contribution < 1.29 is 44.1 Å². The van der Waals surface area contributed by atoms with E-state index in [9.17, 15) is 33.9 Å².